The van der Waals surface area contributed by atoms with E-state index in [0.29, 0.717) is 0 Å². The number of benzene rings is 20. The van der Waals surface area contributed by atoms with Crippen LogP contribution in [0.1, 0.15) is 0 Å². The standard InChI is InChI=1S/C104H58O2/c1-5-24-67-59(17-1)21-11-31-73(67)83-50-51-84(74-32-12-22-60-18-2-6-25-68(60)74)104-88-52-47-77(79-33-14-36-87(98(79)88)103(83)104)80-34-15-37-95-99(80)92-58-66(43-54-94(92)106-95)89-55-63-20-4-7-26-69(63)76-44-41-64(56-90(76)89)72-45-48-86-78(46-49-85-75-28-9-10-29-82(75)101(72)102(85)86)81-35-16-38-96-100(81)91-57-65(42-53-93(91)105-96)71-30-13-23-62-40-39-61-19-3-8-27-70(61)97(62)71/h1-58H. The Kier molecular flexibility index (Phi) is 11.9. The second kappa shape index (κ2) is 21.8. The summed E-state index contributed by atoms with van der Waals surface area (Å²) >= 11 is 0. The third-order valence-corrected chi connectivity index (χ3v) is 23.7. The van der Waals surface area contributed by atoms with Gasteiger partial charge >= 0.3 is 0 Å². The fourth-order valence-electron chi connectivity index (χ4n) is 19.2. The molecule has 0 radical (unpaired) electrons. The van der Waals surface area contributed by atoms with Crippen LogP contribution in [0.25, 0.3) is 252 Å². The summed E-state index contributed by atoms with van der Waals surface area (Å²) in [5.74, 6) is 0. The molecule has 2 aliphatic rings. The Hall–Kier alpha value is -13.9. The zero-order valence-electron chi connectivity index (χ0n) is 57.3. The normalized spacial score (nSPS) is 12.3. The van der Waals surface area contributed by atoms with Crippen molar-refractivity contribution in [3.05, 3.63) is 352 Å². The minimum Gasteiger partial charge on any atom is -0.456 e. The molecule has 2 heterocycles. The zero-order chi connectivity index (χ0) is 69.0. The second-order valence-electron chi connectivity index (χ2n) is 29.0. The number of rotatable bonds is 7. The maximum Gasteiger partial charge on any atom is 0.136 e. The van der Waals surface area contributed by atoms with Gasteiger partial charge in [0.2, 0.25) is 0 Å². The highest BCUT2D eigenvalue weighted by molar-refractivity contribution is 6.29. The average Bonchev–Trinajstić information content (AvgIpc) is 1.54. The van der Waals surface area contributed by atoms with Crippen LogP contribution in [0.4, 0.5) is 0 Å². The van der Waals surface area contributed by atoms with Crippen molar-refractivity contribution >= 4 is 130 Å². The average molecular weight is 1340 g/mol. The van der Waals surface area contributed by atoms with Crippen molar-refractivity contribution < 1.29 is 8.83 Å². The molecule has 2 aromatic heterocycles. The summed E-state index contributed by atoms with van der Waals surface area (Å²) in [7, 11) is 0. The van der Waals surface area contributed by atoms with Crippen LogP contribution in [-0.2, 0) is 0 Å². The van der Waals surface area contributed by atoms with Gasteiger partial charge in [0.25, 0.3) is 0 Å². The van der Waals surface area contributed by atoms with E-state index in [-0.39, 0.29) is 0 Å². The van der Waals surface area contributed by atoms with Gasteiger partial charge in [-0.05, 0) is 257 Å². The van der Waals surface area contributed by atoms with Gasteiger partial charge in [-0.15, -0.1) is 0 Å². The van der Waals surface area contributed by atoms with Gasteiger partial charge in [-0.1, -0.05) is 303 Å². The summed E-state index contributed by atoms with van der Waals surface area (Å²) in [4.78, 5) is 0. The fraction of sp³-hybridized carbons (Fsp3) is 0. The Morgan fingerprint density at radius 3 is 1.21 bits per heavy atom. The van der Waals surface area contributed by atoms with Crippen molar-refractivity contribution in [1.29, 1.82) is 0 Å². The third-order valence-electron chi connectivity index (χ3n) is 23.7. The van der Waals surface area contributed by atoms with Crippen LogP contribution < -0.4 is 0 Å². The van der Waals surface area contributed by atoms with E-state index in [2.05, 4.69) is 352 Å². The first-order valence-electron chi connectivity index (χ1n) is 36.8. The predicted molar refractivity (Wildman–Crippen MR) is 448 cm³/mol. The van der Waals surface area contributed by atoms with Gasteiger partial charge in [0, 0.05) is 21.5 Å². The molecule has 106 heavy (non-hydrogen) atoms. The van der Waals surface area contributed by atoms with Gasteiger partial charge in [-0.2, -0.15) is 0 Å². The predicted octanol–water partition coefficient (Wildman–Crippen LogP) is 29.7. The maximum atomic E-state index is 6.97. The van der Waals surface area contributed by atoms with E-state index in [1.807, 2.05) is 0 Å². The van der Waals surface area contributed by atoms with Crippen molar-refractivity contribution in [2.75, 3.05) is 0 Å². The van der Waals surface area contributed by atoms with Gasteiger partial charge in [-0.3, -0.25) is 0 Å². The number of fused-ring (bicyclic) bond motifs is 20. The van der Waals surface area contributed by atoms with Crippen LogP contribution in [0, 0.1) is 0 Å². The maximum absolute atomic E-state index is 6.97. The molecule has 20 aromatic carbocycles. The molecule has 0 aliphatic heterocycles. The summed E-state index contributed by atoms with van der Waals surface area (Å²) < 4.78 is 13.8. The lowest BCUT2D eigenvalue weighted by Gasteiger charge is -2.18. The van der Waals surface area contributed by atoms with Crippen LogP contribution >= 0.6 is 0 Å². The summed E-state index contributed by atoms with van der Waals surface area (Å²) in [6.45, 7) is 0. The number of furan rings is 2. The summed E-state index contributed by atoms with van der Waals surface area (Å²) in [5.41, 5.74) is 30.3. The third kappa shape index (κ3) is 8.10. The van der Waals surface area contributed by atoms with Gasteiger partial charge in [-0.25, -0.2) is 0 Å². The zero-order valence-corrected chi connectivity index (χ0v) is 57.3. The molecule has 2 aliphatic carbocycles. The van der Waals surface area contributed by atoms with Gasteiger partial charge in [0.05, 0.1) is 0 Å². The van der Waals surface area contributed by atoms with Crippen molar-refractivity contribution in [3.63, 3.8) is 0 Å². The van der Waals surface area contributed by atoms with Crippen molar-refractivity contribution in [3.8, 4) is 122 Å². The molecule has 0 saturated heterocycles. The quantitative estimate of drug-likeness (QED) is 0.149. The molecule has 0 saturated carbocycles. The minimum absolute atomic E-state index is 0.861. The molecule has 2 nitrogen and oxygen atoms in total. The first kappa shape index (κ1) is 57.7. The highest BCUT2D eigenvalue weighted by Crippen LogP contribution is 2.59. The second-order valence-corrected chi connectivity index (χ2v) is 29.0. The van der Waals surface area contributed by atoms with Crippen LogP contribution in [-0.4, -0.2) is 0 Å². The highest BCUT2D eigenvalue weighted by Gasteiger charge is 2.32. The first-order chi connectivity index (χ1) is 52.6. The molecule has 0 N–H and O–H groups in total. The lowest BCUT2D eigenvalue weighted by Crippen LogP contribution is -1.91. The molecule has 0 atom stereocenters. The Morgan fingerprint density at radius 2 is 0.528 bits per heavy atom. The van der Waals surface area contributed by atoms with E-state index in [9.17, 15) is 0 Å². The topological polar surface area (TPSA) is 26.3 Å². The Balaban J connectivity index is 0.668. The molecule has 0 spiro atoms. The highest BCUT2D eigenvalue weighted by atomic mass is 16.3. The van der Waals surface area contributed by atoms with E-state index >= 15 is 0 Å². The van der Waals surface area contributed by atoms with Crippen LogP contribution in [0.5, 0.6) is 0 Å². The lowest BCUT2D eigenvalue weighted by atomic mass is 9.85. The molecule has 0 unspecified atom stereocenters. The molecule has 486 valence electrons. The van der Waals surface area contributed by atoms with Crippen LogP contribution in [0.3, 0.4) is 0 Å². The first-order valence-corrected chi connectivity index (χ1v) is 36.8. The smallest absolute Gasteiger partial charge is 0.136 e. The van der Waals surface area contributed by atoms with Crippen LogP contribution in [0.2, 0.25) is 0 Å². The number of hydrogen-bond donors (Lipinski definition) is 0. The van der Waals surface area contributed by atoms with E-state index in [0.717, 1.165) is 60.6 Å². The molecule has 0 fully saturated rings. The van der Waals surface area contributed by atoms with Gasteiger partial charge < -0.3 is 8.83 Å². The van der Waals surface area contributed by atoms with Crippen molar-refractivity contribution in [2.24, 2.45) is 0 Å². The Bertz CT molecular complexity index is 7580. The molecule has 22 aromatic rings. The van der Waals surface area contributed by atoms with Crippen molar-refractivity contribution in [1.82, 2.24) is 0 Å². The van der Waals surface area contributed by atoms with E-state index < -0.39 is 0 Å². The monoisotopic (exact) mass is 1340 g/mol. The molecule has 2 heteroatoms. The van der Waals surface area contributed by atoms with E-state index in [1.165, 1.54) is 192 Å². The Labute approximate surface area is 609 Å². The summed E-state index contributed by atoms with van der Waals surface area (Å²) in [6, 6.07) is 131. The molecule has 24 rings (SSSR count). The SMILES string of the molecule is c1ccc2c(c1)-c1ccc(-c3cccc4oc5ccc(-c6cccc7ccc8ccccc8c67)cc5c34)c3ccc(-c4ccc5c(c4)c(-c4ccc6oc7cccc(-c8ccc9c%10c(cccc8%10)-c8c(-c%10cccc%11ccccc%10%11)ccc(-c%10cccc%11ccccc%10%11)c8-9)c7c6c4)cc4ccccc45)c-2c13. The summed E-state index contributed by atoms with van der Waals surface area (Å²) in [5, 5.41) is 24.2. The van der Waals surface area contributed by atoms with Gasteiger partial charge in [0.15, 0.2) is 0 Å². The Morgan fingerprint density at radius 1 is 0.132 bits per heavy atom. The van der Waals surface area contributed by atoms with E-state index in [1.54, 1.807) is 0 Å². The fourth-order valence-corrected chi connectivity index (χ4v) is 19.2. The number of hydrogen-bond acceptors (Lipinski definition) is 2. The van der Waals surface area contributed by atoms with Gasteiger partial charge in [0.1, 0.15) is 22.3 Å². The minimum atomic E-state index is 0.861. The molecular formula is C104H58O2. The summed E-state index contributed by atoms with van der Waals surface area (Å²) in [6.07, 6.45) is 0. The molecular weight excluding hydrogens is 1280 g/mol. The largest absolute Gasteiger partial charge is 0.456 e. The molecule has 0 amide bonds. The lowest BCUT2D eigenvalue weighted by molar-refractivity contribution is 0.668. The molecule has 0 bridgehead atoms. The van der Waals surface area contributed by atoms with E-state index in [4.69, 9.17) is 8.83 Å². The van der Waals surface area contributed by atoms with Crippen LogP contribution in [0.15, 0.2) is 361 Å². The van der Waals surface area contributed by atoms with Crippen molar-refractivity contribution in [2.45, 2.75) is 0 Å².